The molecule has 1 aliphatic rings. The fourth-order valence-electron chi connectivity index (χ4n) is 3.12. The Kier molecular flexibility index (Phi) is 9.70. The Morgan fingerprint density at radius 1 is 1.14 bits per heavy atom. The minimum atomic E-state index is -0.494. The van der Waals surface area contributed by atoms with Crippen LogP contribution in [0.3, 0.4) is 0 Å². The zero-order chi connectivity index (χ0) is 20.4. The molecule has 0 unspecified atom stereocenters. The first-order chi connectivity index (χ1) is 13.5. The molecule has 0 atom stereocenters. The van der Waals surface area contributed by atoms with E-state index in [1.807, 2.05) is 36.4 Å². The molecule has 1 N–H and O–H groups in total. The van der Waals surface area contributed by atoms with Gasteiger partial charge in [0.25, 0.3) is 5.91 Å². The summed E-state index contributed by atoms with van der Waals surface area (Å²) in [6.07, 6.45) is 7.63. The summed E-state index contributed by atoms with van der Waals surface area (Å²) in [5, 5.41) is 2.74. The predicted octanol–water partition coefficient (Wildman–Crippen LogP) is 3.41. The van der Waals surface area contributed by atoms with Crippen molar-refractivity contribution in [3.05, 3.63) is 24.3 Å². The van der Waals surface area contributed by atoms with Crippen molar-refractivity contribution in [1.29, 1.82) is 0 Å². The largest absolute Gasteiger partial charge is 0.455 e. The zero-order valence-electron chi connectivity index (χ0n) is 16.4. The van der Waals surface area contributed by atoms with E-state index in [1.165, 1.54) is 42.8 Å². The van der Waals surface area contributed by atoms with Gasteiger partial charge in [-0.3, -0.25) is 14.4 Å². The first kappa shape index (κ1) is 22.6. The van der Waals surface area contributed by atoms with E-state index in [0.717, 1.165) is 17.7 Å². The molecule has 1 saturated carbocycles. The van der Waals surface area contributed by atoms with Crippen LogP contribution in [0, 0.1) is 0 Å². The number of nitrogens with one attached hydrogen (secondary N) is 1. The summed E-state index contributed by atoms with van der Waals surface area (Å²) in [7, 11) is 1.84. The van der Waals surface area contributed by atoms with Crippen LogP contribution in [-0.4, -0.2) is 60.1 Å². The maximum atomic E-state index is 12.2. The molecule has 0 saturated heterocycles. The van der Waals surface area contributed by atoms with Crippen LogP contribution in [-0.2, 0) is 19.1 Å². The van der Waals surface area contributed by atoms with Gasteiger partial charge in [-0.25, -0.2) is 0 Å². The number of carbonyl (C=O) groups excluding carboxylic acids is 3. The highest BCUT2D eigenvalue weighted by Gasteiger charge is 2.22. The van der Waals surface area contributed by atoms with Gasteiger partial charge in [0.05, 0.1) is 17.2 Å². The fourth-order valence-corrected chi connectivity index (χ4v) is 4.40. The molecule has 0 aliphatic heterocycles. The lowest BCUT2D eigenvalue weighted by Crippen LogP contribution is -2.39. The number of carbonyl (C=O) groups is 3. The Labute approximate surface area is 175 Å². The average molecular weight is 425 g/mol. The Hall–Kier alpha value is -1.67. The molecule has 154 valence electrons. The van der Waals surface area contributed by atoms with Crippen molar-refractivity contribution < 1.29 is 19.1 Å². The van der Waals surface area contributed by atoms with Crippen LogP contribution >= 0.6 is 23.5 Å². The summed E-state index contributed by atoms with van der Waals surface area (Å²) < 4.78 is 5.00. The Balaban J connectivity index is 1.64. The average Bonchev–Trinajstić information content (AvgIpc) is 2.72. The van der Waals surface area contributed by atoms with E-state index in [2.05, 4.69) is 5.32 Å². The van der Waals surface area contributed by atoms with E-state index in [1.54, 1.807) is 6.07 Å². The highest BCUT2D eigenvalue weighted by molar-refractivity contribution is 8.00. The third kappa shape index (κ3) is 7.39. The summed E-state index contributed by atoms with van der Waals surface area (Å²) >= 11 is 2.75. The van der Waals surface area contributed by atoms with Crippen molar-refractivity contribution in [3.8, 4) is 0 Å². The molecule has 0 heterocycles. The molecule has 2 rings (SSSR count). The number of amides is 2. The summed E-state index contributed by atoms with van der Waals surface area (Å²) in [4.78, 5) is 38.8. The second kappa shape index (κ2) is 12.0. The van der Waals surface area contributed by atoms with Crippen molar-refractivity contribution in [2.45, 2.75) is 43.0 Å². The first-order valence-electron chi connectivity index (χ1n) is 9.43. The topological polar surface area (TPSA) is 75.7 Å². The number of ether oxygens (including phenoxy) is 1. The Morgan fingerprint density at radius 3 is 2.57 bits per heavy atom. The van der Waals surface area contributed by atoms with E-state index in [0.29, 0.717) is 11.7 Å². The molecule has 28 heavy (non-hydrogen) atoms. The fraction of sp³-hybridized carbons (Fsp3) is 0.550. The summed E-state index contributed by atoms with van der Waals surface area (Å²) in [5.41, 5.74) is 0.696. The summed E-state index contributed by atoms with van der Waals surface area (Å²) in [5.74, 6) is -0.538. The number of hydrogen-bond acceptors (Lipinski definition) is 6. The van der Waals surface area contributed by atoms with E-state index in [9.17, 15) is 14.4 Å². The van der Waals surface area contributed by atoms with E-state index in [-0.39, 0.29) is 29.9 Å². The monoisotopic (exact) mass is 424 g/mol. The van der Waals surface area contributed by atoms with Crippen LogP contribution in [0.15, 0.2) is 29.2 Å². The lowest BCUT2D eigenvalue weighted by Gasteiger charge is -2.31. The van der Waals surface area contributed by atoms with Gasteiger partial charge in [0.1, 0.15) is 0 Å². The van der Waals surface area contributed by atoms with Crippen LogP contribution in [0.4, 0.5) is 5.69 Å². The highest BCUT2D eigenvalue weighted by atomic mass is 32.2. The van der Waals surface area contributed by atoms with Gasteiger partial charge in [0, 0.05) is 18.0 Å². The zero-order valence-corrected chi connectivity index (χ0v) is 18.1. The van der Waals surface area contributed by atoms with Crippen molar-refractivity contribution in [3.63, 3.8) is 0 Å². The molecule has 1 fully saturated rings. The van der Waals surface area contributed by atoms with Crippen LogP contribution in [0.1, 0.15) is 32.1 Å². The molecule has 1 aromatic carbocycles. The number of hydrogen-bond donors (Lipinski definition) is 1. The highest BCUT2D eigenvalue weighted by Crippen LogP contribution is 2.24. The van der Waals surface area contributed by atoms with Gasteiger partial charge in [-0.05, 0) is 31.2 Å². The van der Waals surface area contributed by atoms with Crippen molar-refractivity contribution in [1.82, 2.24) is 4.90 Å². The van der Waals surface area contributed by atoms with Crippen molar-refractivity contribution >= 4 is 47.0 Å². The molecule has 0 radical (unpaired) electrons. The van der Waals surface area contributed by atoms with Crippen LogP contribution in [0.2, 0.25) is 0 Å². The van der Waals surface area contributed by atoms with Gasteiger partial charge in [0.15, 0.2) is 6.61 Å². The maximum Gasteiger partial charge on any atom is 0.316 e. The van der Waals surface area contributed by atoms with E-state index >= 15 is 0 Å². The van der Waals surface area contributed by atoms with Crippen LogP contribution in [0.5, 0.6) is 0 Å². The summed E-state index contributed by atoms with van der Waals surface area (Å²) in [6, 6.07) is 7.76. The van der Waals surface area contributed by atoms with Crippen LogP contribution < -0.4 is 5.32 Å². The number of para-hydroxylation sites is 1. The van der Waals surface area contributed by atoms with Gasteiger partial charge in [0.2, 0.25) is 5.91 Å². The molecule has 8 heteroatoms. The van der Waals surface area contributed by atoms with Gasteiger partial charge < -0.3 is 15.0 Å². The molecule has 1 aromatic rings. The lowest BCUT2D eigenvalue weighted by atomic mass is 9.94. The number of rotatable bonds is 9. The van der Waals surface area contributed by atoms with E-state index < -0.39 is 5.97 Å². The smallest absolute Gasteiger partial charge is 0.316 e. The maximum absolute atomic E-state index is 12.2. The summed E-state index contributed by atoms with van der Waals surface area (Å²) in [6.45, 7) is -0.335. The molecule has 0 spiro atoms. The molecular formula is C20H28N2O4S2. The third-order valence-electron chi connectivity index (χ3n) is 4.71. The third-order valence-corrected chi connectivity index (χ3v) is 6.39. The SMILES string of the molecule is CSc1ccccc1NC(=O)COC(=O)CSCC(=O)N(C)C1CCCCC1. The molecule has 6 nitrogen and oxygen atoms in total. The second-order valence-corrected chi connectivity index (χ2v) is 8.53. The molecule has 0 bridgehead atoms. The molecule has 1 aliphatic carbocycles. The minimum Gasteiger partial charge on any atom is -0.455 e. The number of esters is 1. The van der Waals surface area contributed by atoms with Crippen molar-refractivity contribution in [2.24, 2.45) is 0 Å². The van der Waals surface area contributed by atoms with Crippen LogP contribution in [0.25, 0.3) is 0 Å². The Bertz CT molecular complexity index is 678. The predicted molar refractivity (Wildman–Crippen MR) is 115 cm³/mol. The van der Waals surface area contributed by atoms with Gasteiger partial charge in [-0.1, -0.05) is 31.4 Å². The minimum absolute atomic E-state index is 0.0381. The number of nitrogens with zero attached hydrogens (tertiary/aromatic N) is 1. The number of anilines is 1. The van der Waals surface area contributed by atoms with Gasteiger partial charge >= 0.3 is 5.97 Å². The van der Waals surface area contributed by atoms with E-state index in [4.69, 9.17) is 4.74 Å². The van der Waals surface area contributed by atoms with Gasteiger partial charge in [-0.15, -0.1) is 23.5 Å². The molecule has 0 aromatic heterocycles. The molecular weight excluding hydrogens is 396 g/mol. The van der Waals surface area contributed by atoms with Gasteiger partial charge in [-0.2, -0.15) is 0 Å². The Morgan fingerprint density at radius 2 is 1.86 bits per heavy atom. The first-order valence-corrected chi connectivity index (χ1v) is 11.8. The quantitative estimate of drug-likeness (QED) is 0.484. The number of thioether (sulfide) groups is 2. The number of benzene rings is 1. The standard InChI is InChI=1S/C20H28N2O4S2/c1-22(15-8-4-3-5-9-15)19(24)13-28-14-20(25)26-12-18(23)21-16-10-6-7-11-17(16)27-2/h6-7,10-11,15H,3-5,8-9,12-14H2,1-2H3,(H,21,23). The normalized spacial score (nSPS) is 14.4. The lowest BCUT2D eigenvalue weighted by molar-refractivity contribution is -0.144. The molecule has 2 amide bonds. The second-order valence-electron chi connectivity index (χ2n) is 6.70. The van der Waals surface area contributed by atoms with Crippen molar-refractivity contribution in [2.75, 3.05) is 36.7 Å².